The standard InChI is InChI=1S/C12H21N5O2/c18-12(10-17-8-7-15-16-17)14-4-1-9-19-11-2-5-13-6-3-11/h7-8,11,13H,1-6,9-10H2,(H,14,18). The van der Waals surface area contributed by atoms with Crippen molar-refractivity contribution in [1.29, 1.82) is 0 Å². The van der Waals surface area contributed by atoms with Crippen molar-refractivity contribution in [3.05, 3.63) is 12.4 Å². The van der Waals surface area contributed by atoms with E-state index in [-0.39, 0.29) is 12.5 Å². The Morgan fingerprint density at radius 3 is 3.05 bits per heavy atom. The van der Waals surface area contributed by atoms with Crippen LogP contribution in [-0.2, 0) is 16.1 Å². The van der Waals surface area contributed by atoms with E-state index >= 15 is 0 Å². The molecule has 0 unspecified atom stereocenters. The number of nitrogens with one attached hydrogen (secondary N) is 2. The van der Waals surface area contributed by atoms with Crippen LogP contribution in [0.25, 0.3) is 0 Å². The van der Waals surface area contributed by atoms with Gasteiger partial charge in [0.1, 0.15) is 6.54 Å². The van der Waals surface area contributed by atoms with Crippen LogP contribution in [0.3, 0.4) is 0 Å². The number of rotatable bonds is 7. The van der Waals surface area contributed by atoms with E-state index in [1.54, 1.807) is 12.4 Å². The summed E-state index contributed by atoms with van der Waals surface area (Å²) >= 11 is 0. The number of carbonyl (C=O) groups excluding carboxylic acids is 1. The molecule has 0 bridgehead atoms. The fourth-order valence-corrected chi connectivity index (χ4v) is 2.03. The monoisotopic (exact) mass is 267 g/mol. The third-order valence-electron chi connectivity index (χ3n) is 3.06. The van der Waals surface area contributed by atoms with Gasteiger partial charge in [-0.15, -0.1) is 5.10 Å². The minimum atomic E-state index is -0.0487. The summed E-state index contributed by atoms with van der Waals surface area (Å²) < 4.78 is 7.25. The lowest BCUT2D eigenvalue weighted by Crippen LogP contribution is -2.33. The molecule has 0 radical (unpaired) electrons. The molecule has 1 aliphatic rings. The zero-order valence-electron chi connectivity index (χ0n) is 11.0. The van der Waals surface area contributed by atoms with E-state index in [4.69, 9.17) is 4.74 Å². The largest absolute Gasteiger partial charge is 0.378 e. The summed E-state index contributed by atoms with van der Waals surface area (Å²) in [5, 5.41) is 13.5. The summed E-state index contributed by atoms with van der Waals surface area (Å²) in [5.41, 5.74) is 0. The molecule has 1 amide bonds. The van der Waals surface area contributed by atoms with Gasteiger partial charge in [-0.1, -0.05) is 5.21 Å². The van der Waals surface area contributed by atoms with Gasteiger partial charge in [-0.05, 0) is 32.4 Å². The van der Waals surface area contributed by atoms with E-state index in [1.807, 2.05) is 0 Å². The van der Waals surface area contributed by atoms with Gasteiger partial charge in [-0.25, -0.2) is 4.68 Å². The van der Waals surface area contributed by atoms with E-state index in [9.17, 15) is 4.79 Å². The molecule has 7 heteroatoms. The van der Waals surface area contributed by atoms with Crippen molar-refractivity contribution >= 4 is 5.91 Å². The second-order valence-corrected chi connectivity index (χ2v) is 4.62. The van der Waals surface area contributed by atoms with Crippen LogP contribution in [0.2, 0.25) is 0 Å². The molecule has 0 aromatic carbocycles. The number of nitrogens with zero attached hydrogens (tertiary/aromatic N) is 3. The molecular formula is C12H21N5O2. The number of ether oxygens (including phenoxy) is 1. The fourth-order valence-electron chi connectivity index (χ4n) is 2.03. The first-order chi connectivity index (χ1) is 9.34. The van der Waals surface area contributed by atoms with Crippen LogP contribution in [-0.4, -0.2) is 53.2 Å². The Morgan fingerprint density at radius 2 is 2.32 bits per heavy atom. The molecule has 19 heavy (non-hydrogen) atoms. The highest BCUT2D eigenvalue weighted by molar-refractivity contribution is 5.75. The van der Waals surface area contributed by atoms with Gasteiger partial charge in [0.2, 0.25) is 5.91 Å². The molecule has 1 fully saturated rings. The summed E-state index contributed by atoms with van der Waals surface area (Å²) in [4.78, 5) is 11.5. The molecule has 106 valence electrons. The predicted molar refractivity (Wildman–Crippen MR) is 69.5 cm³/mol. The van der Waals surface area contributed by atoms with Crippen LogP contribution in [0.1, 0.15) is 19.3 Å². The van der Waals surface area contributed by atoms with E-state index < -0.39 is 0 Å². The Bertz CT molecular complexity index is 362. The third-order valence-corrected chi connectivity index (χ3v) is 3.06. The molecule has 0 spiro atoms. The maximum Gasteiger partial charge on any atom is 0.241 e. The molecule has 0 aliphatic carbocycles. The Labute approximate surface area is 112 Å². The molecule has 1 saturated heterocycles. The van der Waals surface area contributed by atoms with Crippen molar-refractivity contribution in [3.8, 4) is 0 Å². The lowest BCUT2D eigenvalue weighted by Gasteiger charge is -2.22. The van der Waals surface area contributed by atoms with Crippen molar-refractivity contribution in [2.75, 3.05) is 26.2 Å². The Kier molecular flexibility index (Phi) is 5.77. The normalized spacial score (nSPS) is 16.4. The molecule has 2 rings (SSSR count). The molecule has 7 nitrogen and oxygen atoms in total. The SMILES string of the molecule is O=C(Cn1ccnn1)NCCCOC1CCNCC1. The number of piperidine rings is 1. The molecule has 1 aliphatic heterocycles. The van der Waals surface area contributed by atoms with E-state index in [0.717, 1.165) is 32.4 Å². The van der Waals surface area contributed by atoms with Crippen molar-refractivity contribution in [1.82, 2.24) is 25.6 Å². The van der Waals surface area contributed by atoms with Gasteiger partial charge in [0.15, 0.2) is 0 Å². The lowest BCUT2D eigenvalue weighted by molar-refractivity contribution is -0.121. The van der Waals surface area contributed by atoms with Gasteiger partial charge >= 0.3 is 0 Å². The van der Waals surface area contributed by atoms with Crippen LogP contribution < -0.4 is 10.6 Å². The van der Waals surface area contributed by atoms with Crippen LogP contribution >= 0.6 is 0 Å². The smallest absolute Gasteiger partial charge is 0.241 e. The van der Waals surface area contributed by atoms with E-state index in [0.29, 0.717) is 19.3 Å². The van der Waals surface area contributed by atoms with Gasteiger partial charge in [0.05, 0.1) is 12.3 Å². The molecule has 2 heterocycles. The third kappa shape index (κ3) is 5.35. The highest BCUT2D eigenvalue weighted by Gasteiger charge is 2.12. The van der Waals surface area contributed by atoms with Crippen LogP contribution in [0.5, 0.6) is 0 Å². The second-order valence-electron chi connectivity index (χ2n) is 4.62. The molecular weight excluding hydrogens is 246 g/mol. The number of aromatic nitrogens is 3. The average Bonchev–Trinajstić information content (AvgIpc) is 2.92. The molecule has 1 aromatic heterocycles. The number of amides is 1. The maximum atomic E-state index is 11.5. The molecule has 0 saturated carbocycles. The fraction of sp³-hybridized carbons (Fsp3) is 0.750. The summed E-state index contributed by atoms with van der Waals surface area (Å²) in [6.45, 7) is 3.64. The van der Waals surface area contributed by atoms with E-state index in [2.05, 4.69) is 20.9 Å². The van der Waals surface area contributed by atoms with Crippen molar-refractivity contribution < 1.29 is 9.53 Å². The number of hydrogen-bond acceptors (Lipinski definition) is 5. The summed E-state index contributed by atoms with van der Waals surface area (Å²) in [5.74, 6) is -0.0487. The van der Waals surface area contributed by atoms with Crippen LogP contribution in [0, 0.1) is 0 Å². The van der Waals surface area contributed by atoms with Crippen LogP contribution in [0.4, 0.5) is 0 Å². The minimum Gasteiger partial charge on any atom is -0.378 e. The molecule has 1 aromatic rings. The average molecular weight is 267 g/mol. The predicted octanol–water partition coefficient (Wildman–Crippen LogP) is -0.447. The summed E-state index contributed by atoms with van der Waals surface area (Å²) in [6, 6.07) is 0. The first kappa shape index (κ1) is 14.0. The zero-order valence-corrected chi connectivity index (χ0v) is 11.0. The van der Waals surface area contributed by atoms with Gasteiger partial charge in [0.25, 0.3) is 0 Å². The highest BCUT2D eigenvalue weighted by atomic mass is 16.5. The van der Waals surface area contributed by atoms with Crippen molar-refractivity contribution in [2.45, 2.75) is 31.9 Å². The van der Waals surface area contributed by atoms with Crippen LogP contribution in [0.15, 0.2) is 12.4 Å². The quantitative estimate of drug-likeness (QED) is 0.654. The maximum absolute atomic E-state index is 11.5. The van der Waals surface area contributed by atoms with Gasteiger partial charge in [-0.3, -0.25) is 4.79 Å². The first-order valence-corrected chi connectivity index (χ1v) is 6.78. The summed E-state index contributed by atoms with van der Waals surface area (Å²) in [6.07, 6.45) is 6.61. The van der Waals surface area contributed by atoms with E-state index in [1.165, 1.54) is 4.68 Å². The number of hydrogen-bond donors (Lipinski definition) is 2. The Balaban J connectivity index is 1.48. The molecule has 0 atom stereocenters. The van der Waals surface area contributed by atoms with Crippen molar-refractivity contribution in [2.24, 2.45) is 0 Å². The second kappa shape index (κ2) is 7.85. The Hall–Kier alpha value is -1.47. The Morgan fingerprint density at radius 1 is 1.47 bits per heavy atom. The van der Waals surface area contributed by atoms with Gasteiger partial charge < -0.3 is 15.4 Å². The van der Waals surface area contributed by atoms with Gasteiger partial charge in [-0.2, -0.15) is 0 Å². The number of carbonyl (C=O) groups is 1. The topological polar surface area (TPSA) is 81.1 Å². The first-order valence-electron chi connectivity index (χ1n) is 6.78. The zero-order chi connectivity index (χ0) is 13.3. The van der Waals surface area contributed by atoms with Gasteiger partial charge in [0, 0.05) is 19.3 Å². The molecule has 2 N–H and O–H groups in total. The summed E-state index contributed by atoms with van der Waals surface area (Å²) in [7, 11) is 0. The van der Waals surface area contributed by atoms with Crippen molar-refractivity contribution in [3.63, 3.8) is 0 Å². The highest BCUT2D eigenvalue weighted by Crippen LogP contribution is 2.06. The minimum absolute atomic E-state index is 0.0487. The lowest BCUT2D eigenvalue weighted by atomic mass is 10.1.